The van der Waals surface area contributed by atoms with Gasteiger partial charge in [0.2, 0.25) is 5.91 Å². The van der Waals surface area contributed by atoms with Crippen LogP contribution in [-0.4, -0.2) is 22.6 Å². The zero-order valence-corrected chi connectivity index (χ0v) is 14.5. The standard InChI is InChI=1S/C19H18ClN3O2/c1-25-18-8-6-14(12-15(18)20)7-9-19(24)22-16-4-2-3-5-17(16)23-11-10-21-13-23/h2-6,8,10-13H,7,9H2,1H3,(H,22,24). The number of hydrogen-bond acceptors (Lipinski definition) is 3. The van der Waals surface area contributed by atoms with E-state index >= 15 is 0 Å². The van der Waals surface area contributed by atoms with E-state index in [2.05, 4.69) is 10.3 Å². The molecule has 128 valence electrons. The second kappa shape index (κ2) is 7.85. The number of aryl methyl sites for hydroxylation is 1. The molecule has 3 aromatic rings. The third kappa shape index (κ3) is 4.19. The lowest BCUT2D eigenvalue weighted by Crippen LogP contribution is -2.14. The molecule has 0 spiro atoms. The van der Waals surface area contributed by atoms with Gasteiger partial charge in [0.1, 0.15) is 5.75 Å². The summed E-state index contributed by atoms with van der Waals surface area (Å²) in [6.07, 6.45) is 6.20. The molecule has 2 aromatic carbocycles. The summed E-state index contributed by atoms with van der Waals surface area (Å²) in [5, 5.41) is 3.51. The van der Waals surface area contributed by atoms with Crippen molar-refractivity contribution >= 4 is 23.2 Å². The van der Waals surface area contributed by atoms with Crippen molar-refractivity contribution in [1.82, 2.24) is 9.55 Å². The van der Waals surface area contributed by atoms with Gasteiger partial charge in [-0.3, -0.25) is 4.79 Å². The van der Waals surface area contributed by atoms with Crippen LogP contribution in [0, 0.1) is 0 Å². The molecule has 0 atom stereocenters. The van der Waals surface area contributed by atoms with Gasteiger partial charge in [0.25, 0.3) is 0 Å². The predicted octanol–water partition coefficient (Wildman–Crippen LogP) is 4.11. The Balaban J connectivity index is 1.65. The number of benzene rings is 2. The average molecular weight is 356 g/mol. The first-order chi connectivity index (χ1) is 12.2. The first-order valence-corrected chi connectivity index (χ1v) is 8.25. The van der Waals surface area contributed by atoms with Crippen LogP contribution >= 0.6 is 11.6 Å². The second-order valence-corrected chi connectivity index (χ2v) is 5.91. The van der Waals surface area contributed by atoms with Crippen molar-refractivity contribution in [2.45, 2.75) is 12.8 Å². The van der Waals surface area contributed by atoms with Crippen molar-refractivity contribution < 1.29 is 9.53 Å². The summed E-state index contributed by atoms with van der Waals surface area (Å²) in [6.45, 7) is 0. The van der Waals surface area contributed by atoms with Gasteiger partial charge in [0.15, 0.2) is 0 Å². The average Bonchev–Trinajstić information content (AvgIpc) is 3.15. The molecule has 0 radical (unpaired) electrons. The number of halogens is 1. The topological polar surface area (TPSA) is 56.1 Å². The van der Waals surface area contributed by atoms with E-state index in [-0.39, 0.29) is 5.91 Å². The number of methoxy groups -OCH3 is 1. The number of nitrogens with zero attached hydrogens (tertiary/aromatic N) is 2. The summed E-state index contributed by atoms with van der Waals surface area (Å²) in [7, 11) is 1.58. The lowest BCUT2D eigenvalue weighted by Gasteiger charge is -2.12. The van der Waals surface area contributed by atoms with Crippen molar-refractivity contribution in [2.24, 2.45) is 0 Å². The van der Waals surface area contributed by atoms with Gasteiger partial charge in [-0.25, -0.2) is 4.98 Å². The first kappa shape index (κ1) is 17.0. The van der Waals surface area contributed by atoms with Gasteiger partial charge in [-0.15, -0.1) is 0 Å². The SMILES string of the molecule is COc1ccc(CCC(=O)Nc2ccccc2-n2ccnc2)cc1Cl. The highest BCUT2D eigenvalue weighted by molar-refractivity contribution is 6.32. The fourth-order valence-corrected chi connectivity index (χ4v) is 2.82. The number of anilines is 1. The molecule has 0 aliphatic carbocycles. The molecule has 0 bridgehead atoms. The summed E-state index contributed by atoms with van der Waals surface area (Å²) < 4.78 is 6.99. The van der Waals surface area contributed by atoms with E-state index in [1.807, 2.05) is 53.2 Å². The Morgan fingerprint density at radius 1 is 1.28 bits per heavy atom. The molecule has 1 amide bonds. The van der Waals surface area contributed by atoms with Gasteiger partial charge in [0, 0.05) is 18.8 Å². The summed E-state index contributed by atoms with van der Waals surface area (Å²) in [5.41, 5.74) is 2.61. The van der Waals surface area contributed by atoms with E-state index in [1.54, 1.807) is 19.6 Å². The fourth-order valence-electron chi connectivity index (χ4n) is 2.54. The van der Waals surface area contributed by atoms with E-state index in [0.29, 0.717) is 23.6 Å². The Kier molecular flexibility index (Phi) is 5.36. The van der Waals surface area contributed by atoms with Gasteiger partial charge in [-0.2, -0.15) is 0 Å². The van der Waals surface area contributed by atoms with Crippen molar-refractivity contribution in [3.05, 3.63) is 71.8 Å². The molecule has 0 saturated heterocycles. The number of ether oxygens (including phenoxy) is 1. The first-order valence-electron chi connectivity index (χ1n) is 7.87. The maximum Gasteiger partial charge on any atom is 0.224 e. The summed E-state index contributed by atoms with van der Waals surface area (Å²) >= 11 is 6.12. The van der Waals surface area contributed by atoms with Crippen LogP contribution in [0.15, 0.2) is 61.2 Å². The Hall–Kier alpha value is -2.79. The molecule has 0 aliphatic rings. The Morgan fingerprint density at radius 2 is 2.12 bits per heavy atom. The van der Waals surface area contributed by atoms with Crippen LogP contribution in [-0.2, 0) is 11.2 Å². The minimum atomic E-state index is -0.0560. The second-order valence-electron chi connectivity index (χ2n) is 5.50. The Bertz CT molecular complexity index is 863. The third-order valence-electron chi connectivity index (χ3n) is 3.82. The number of imidazole rings is 1. The van der Waals surface area contributed by atoms with Crippen LogP contribution in [0.1, 0.15) is 12.0 Å². The smallest absolute Gasteiger partial charge is 0.224 e. The number of carbonyl (C=O) groups excluding carboxylic acids is 1. The highest BCUT2D eigenvalue weighted by Crippen LogP contribution is 2.25. The van der Waals surface area contributed by atoms with Crippen molar-refractivity contribution in [3.63, 3.8) is 0 Å². The summed E-state index contributed by atoms with van der Waals surface area (Å²) in [6, 6.07) is 13.2. The van der Waals surface area contributed by atoms with E-state index in [9.17, 15) is 4.79 Å². The van der Waals surface area contributed by atoms with Crippen LogP contribution in [0.5, 0.6) is 5.75 Å². The Morgan fingerprint density at radius 3 is 2.84 bits per heavy atom. The van der Waals surface area contributed by atoms with Gasteiger partial charge in [-0.05, 0) is 36.2 Å². The number of rotatable bonds is 6. The van der Waals surface area contributed by atoms with Gasteiger partial charge in [0.05, 0.1) is 29.8 Å². The number of nitrogens with one attached hydrogen (secondary N) is 1. The summed E-state index contributed by atoms with van der Waals surface area (Å²) in [4.78, 5) is 16.4. The highest BCUT2D eigenvalue weighted by atomic mass is 35.5. The van der Waals surface area contributed by atoms with Crippen molar-refractivity contribution in [3.8, 4) is 11.4 Å². The maximum absolute atomic E-state index is 12.3. The third-order valence-corrected chi connectivity index (χ3v) is 4.11. The molecule has 0 aliphatic heterocycles. The molecule has 1 aromatic heterocycles. The fraction of sp³-hybridized carbons (Fsp3) is 0.158. The number of amides is 1. The van der Waals surface area contributed by atoms with Crippen LogP contribution in [0.2, 0.25) is 5.02 Å². The van der Waals surface area contributed by atoms with Crippen LogP contribution in [0.3, 0.4) is 0 Å². The minimum Gasteiger partial charge on any atom is -0.495 e. The van der Waals surface area contributed by atoms with Crippen LogP contribution in [0.25, 0.3) is 5.69 Å². The van der Waals surface area contributed by atoms with Gasteiger partial charge in [-0.1, -0.05) is 29.8 Å². The lowest BCUT2D eigenvalue weighted by molar-refractivity contribution is -0.116. The molecule has 3 rings (SSSR count). The predicted molar refractivity (Wildman–Crippen MR) is 98.5 cm³/mol. The zero-order chi connectivity index (χ0) is 17.6. The molecular weight excluding hydrogens is 338 g/mol. The number of hydrogen-bond donors (Lipinski definition) is 1. The summed E-state index contributed by atoms with van der Waals surface area (Å²) in [5.74, 6) is 0.573. The molecule has 25 heavy (non-hydrogen) atoms. The molecule has 6 heteroatoms. The number of para-hydroxylation sites is 2. The molecule has 0 unspecified atom stereocenters. The van der Waals surface area contributed by atoms with E-state index in [0.717, 1.165) is 16.9 Å². The van der Waals surface area contributed by atoms with Gasteiger partial charge < -0.3 is 14.6 Å². The van der Waals surface area contributed by atoms with Crippen LogP contribution < -0.4 is 10.1 Å². The normalized spacial score (nSPS) is 10.5. The van der Waals surface area contributed by atoms with E-state index in [4.69, 9.17) is 16.3 Å². The van der Waals surface area contributed by atoms with E-state index < -0.39 is 0 Å². The molecule has 5 nitrogen and oxygen atoms in total. The Labute approximate surface area is 151 Å². The largest absolute Gasteiger partial charge is 0.495 e. The lowest BCUT2D eigenvalue weighted by atomic mass is 10.1. The molecular formula is C19H18ClN3O2. The van der Waals surface area contributed by atoms with Crippen molar-refractivity contribution in [1.29, 1.82) is 0 Å². The molecule has 1 N–H and O–H groups in total. The van der Waals surface area contributed by atoms with Crippen molar-refractivity contribution in [2.75, 3.05) is 12.4 Å². The molecule has 0 fully saturated rings. The molecule has 0 saturated carbocycles. The monoisotopic (exact) mass is 355 g/mol. The zero-order valence-electron chi connectivity index (χ0n) is 13.8. The highest BCUT2D eigenvalue weighted by Gasteiger charge is 2.09. The molecule has 1 heterocycles. The van der Waals surface area contributed by atoms with E-state index in [1.165, 1.54) is 0 Å². The number of aromatic nitrogens is 2. The van der Waals surface area contributed by atoms with Gasteiger partial charge >= 0.3 is 0 Å². The minimum absolute atomic E-state index is 0.0560. The van der Waals surface area contributed by atoms with Crippen LogP contribution in [0.4, 0.5) is 5.69 Å². The number of carbonyl (C=O) groups is 1. The maximum atomic E-state index is 12.3. The quantitative estimate of drug-likeness (QED) is 0.724.